The molecule has 1 fully saturated rings. The third kappa shape index (κ3) is 4.89. The highest BCUT2D eigenvalue weighted by atomic mass is 32.2. The molecule has 1 aliphatic heterocycles. The van der Waals surface area contributed by atoms with Crippen LogP contribution >= 0.6 is 11.8 Å². The van der Waals surface area contributed by atoms with Crippen LogP contribution < -0.4 is 5.32 Å². The summed E-state index contributed by atoms with van der Waals surface area (Å²) in [5.41, 5.74) is 0. The standard InChI is InChI=1S/C11H22N2OS/c1-9-8-15-11(13-10(9)2)12-6-4-5-7-14-3/h9-10H,4-8H2,1-3H3,(H,12,13). The van der Waals surface area contributed by atoms with Gasteiger partial charge in [-0.25, -0.2) is 0 Å². The number of hydrogen-bond donors (Lipinski definition) is 1. The summed E-state index contributed by atoms with van der Waals surface area (Å²) in [7, 11) is 1.74. The number of nitrogens with one attached hydrogen (secondary N) is 1. The molecule has 1 heterocycles. The summed E-state index contributed by atoms with van der Waals surface area (Å²) in [6.45, 7) is 6.27. The van der Waals surface area contributed by atoms with E-state index in [1.807, 2.05) is 11.8 Å². The van der Waals surface area contributed by atoms with Gasteiger partial charge >= 0.3 is 0 Å². The Kier molecular flexibility index (Phi) is 6.10. The van der Waals surface area contributed by atoms with Crippen LogP contribution in [0.4, 0.5) is 0 Å². The number of rotatable bonds is 5. The van der Waals surface area contributed by atoms with E-state index in [4.69, 9.17) is 4.74 Å². The third-order valence-corrected chi connectivity index (χ3v) is 3.91. The number of unbranched alkanes of at least 4 members (excludes halogenated alkanes) is 1. The van der Waals surface area contributed by atoms with Crippen LogP contribution in [0.3, 0.4) is 0 Å². The van der Waals surface area contributed by atoms with Gasteiger partial charge in [0.1, 0.15) is 0 Å². The predicted octanol–water partition coefficient (Wildman–Crippen LogP) is 2.13. The lowest BCUT2D eigenvalue weighted by Gasteiger charge is -2.28. The van der Waals surface area contributed by atoms with Gasteiger partial charge in [0.15, 0.2) is 5.17 Å². The predicted molar refractivity (Wildman–Crippen MR) is 67.6 cm³/mol. The van der Waals surface area contributed by atoms with Crippen molar-refractivity contribution < 1.29 is 4.74 Å². The van der Waals surface area contributed by atoms with Crippen molar-refractivity contribution in [2.45, 2.75) is 32.7 Å². The minimum atomic E-state index is 0.559. The largest absolute Gasteiger partial charge is 0.385 e. The Morgan fingerprint density at radius 1 is 1.47 bits per heavy atom. The smallest absolute Gasteiger partial charge is 0.156 e. The number of thioether (sulfide) groups is 1. The Morgan fingerprint density at radius 3 is 2.93 bits per heavy atom. The van der Waals surface area contributed by atoms with E-state index in [2.05, 4.69) is 24.2 Å². The average molecular weight is 230 g/mol. The Hall–Kier alpha value is -0.220. The highest BCUT2D eigenvalue weighted by Gasteiger charge is 2.20. The molecule has 15 heavy (non-hydrogen) atoms. The van der Waals surface area contributed by atoms with Crippen LogP contribution in [0.1, 0.15) is 26.7 Å². The summed E-state index contributed by atoms with van der Waals surface area (Å²) in [6.07, 6.45) is 2.22. The molecular weight excluding hydrogens is 208 g/mol. The maximum atomic E-state index is 5.00. The van der Waals surface area contributed by atoms with Crippen molar-refractivity contribution in [1.29, 1.82) is 0 Å². The molecule has 3 nitrogen and oxygen atoms in total. The number of hydrogen-bond acceptors (Lipinski definition) is 3. The van der Waals surface area contributed by atoms with Gasteiger partial charge in [-0.1, -0.05) is 18.7 Å². The fraction of sp³-hybridized carbons (Fsp3) is 0.909. The van der Waals surface area contributed by atoms with Gasteiger partial charge < -0.3 is 10.1 Å². The highest BCUT2D eigenvalue weighted by Crippen LogP contribution is 2.19. The number of aliphatic imine (C=N–C) groups is 1. The van der Waals surface area contributed by atoms with E-state index < -0.39 is 0 Å². The molecule has 2 atom stereocenters. The van der Waals surface area contributed by atoms with Gasteiger partial charge in [-0.15, -0.1) is 0 Å². The van der Waals surface area contributed by atoms with E-state index in [0.29, 0.717) is 6.04 Å². The van der Waals surface area contributed by atoms with Crippen LogP contribution in [-0.4, -0.2) is 37.2 Å². The molecule has 0 spiro atoms. The summed E-state index contributed by atoms with van der Waals surface area (Å²) in [5, 5.41) is 4.56. The van der Waals surface area contributed by atoms with E-state index in [-0.39, 0.29) is 0 Å². The molecule has 0 aromatic heterocycles. The molecule has 1 rings (SSSR count). The zero-order valence-electron chi connectivity index (χ0n) is 9.95. The molecule has 0 saturated carbocycles. The number of nitrogens with zero attached hydrogens (tertiary/aromatic N) is 1. The van der Waals surface area contributed by atoms with E-state index >= 15 is 0 Å². The number of amidine groups is 1. The van der Waals surface area contributed by atoms with Crippen molar-refractivity contribution >= 4 is 16.9 Å². The summed E-state index contributed by atoms with van der Waals surface area (Å²) in [4.78, 5) is 4.55. The van der Waals surface area contributed by atoms with Gasteiger partial charge in [-0.2, -0.15) is 0 Å². The third-order valence-electron chi connectivity index (χ3n) is 2.70. The monoisotopic (exact) mass is 230 g/mol. The molecule has 4 heteroatoms. The topological polar surface area (TPSA) is 33.6 Å². The summed E-state index contributed by atoms with van der Waals surface area (Å²) in [5.74, 6) is 1.92. The Balaban J connectivity index is 2.17. The van der Waals surface area contributed by atoms with Crippen LogP contribution in [0, 0.1) is 5.92 Å². The summed E-state index contributed by atoms with van der Waals surface area (Å²) >= 11 is 1.85. The molecule has 0 aromatic carbocycles. The minimum absolute atomic E-state index is 0.559. The highest BCUT2D eigenvalue weighted by molar-refractivity contribution is 8.13. The Bertz CT molecular complexity index is 209. The molecule has 1 saturated heterocycles. The van der Waals surface area contributed by atoms with Crippen molar-refractivity contribution in [2.75, 3.05) is 26.0 Å². The van der Waals surface area contributed by atoms with Crippen LogP contribution in [0.15, 0.2) is 4.99 Å². The van der Waals surface area contributed by atoms with Crippen LogP contribution in [0.2, 0.25) is 0 Å². The molecule has 1 aliphatic rings. The zero-order valence-corrected chi connectivity index (χ0v) is 10.8. The minimum Gasteiger partial charge on any atom is -0.385 e. The van der Waals surface area contributed by atoms with Crippen molar-refractivity contribution in [1.82, 2.24) is 5.32 Å². The molecule has 0 amide bonds. The molecule has 0 bridgehead atoms. The van der Waals surface area contributed by atoms with Gasteiger partial charge in [0.25, 0.3) is 0 Å². The van der Waals surface area contributed by atoms with Crippen molar-refractivity contribution in [3.05, 3.63) is 0 Å². The van der Waals surface area contributed by atoms with Crippen molar-refractivity contribution in [3.8, 4) is 0 Å². The van der Waals surface area contributed by atoms with E-state index in [0.717, 1.165) is 37.1 Å². The van der Waals surface area contributed by atoms with Gasteiger partial charge in [0, 0.05) is 32.1 Å². The second kappa shape index (κ2) is 7.12. The lowest BCUT2D eigenvalue weighted by Crippen LogP contribution is -2.41. The molecule has 1 N–H and O–H groups in total. The first-order valence-corrected chi connectivity index (χ1v) is 6.65. The van der Waals surface area contributed by atoms with E-state index in [9.17, 15) is 0 Å². The van der Waals surface area contributed by atoms with Crippen LogP contribution in [0.5, 0.6) is 0 Å². The molecular formula is C11H22N2OS. The van der Waals surface area contributed by atoms with Gasteiger partial charge in [-0.05, 0) is 25.7 Å². The van der Waals surface area contributed by atoms with Crippen molar-refractivity contribution in [3.63, 3.8) is 0 Å². The zero-order chi connectivity index (χ0) is 11.1. The normalized spacial score (nSPS) is 29.1. The number of methoxy groups -OCH3 is 1. The van der Waals surface area contributed by atoms with Crippen LogP contribution in [-0.2, 0) is 4.74 Å². The Morgan fingerprint density at radius 2 is 2.27 bits per heavy atom. The Labute approximate surface area is 97.1 Å². The molecule has 0 aromatic rings. The maximum Gasteiger partial charge on any atom is 0.156 e. The molecule has 2 unspecified atom stereocenters. The molecule has 88 valence electrons. The van der Waals surface area contributed by atoms with E-state index in [1.54, 1.807) is 7.11 Å². The first-order chi connectivity index (χ1) is 7.24. The quantitative estimate of drug-likeness (QED) is 0.735. The van der Waals surface area contributed by atoms with Gasteiger partial charge in [0.2, 0.25) is 0 Å². The van der Waals surface area contributed by atoms with Gasteiger partial charge in [0.05, 0.1) is 0 Å². The lowest BCUT2D eigenvalue weighted by molar-refractivity contribution is 0.193. The van der Waals surface area contributed by atoms with E-state index in [1.165, 1.54) is 5.75 Å². The second-order valence-corrected chi connectivity index (χ2v) is 5.12. The SMILES string of the molecule is COCCCCN=C1NC(C)C(C)CS1. The van der Waals surface area contributed by atoms with Crippen molar-refractivity contribution in [2.24, 2.45) is 10.9 Å². The summed E-state index contributed by atoms with van der Waals surface area (Å²) in [6, 6.07) is 0.559. The average Bonchev–Trinajstić information content (AvgIpc) is 2.23. The fourth-order valence-electron chi connectivity index (χ4n) is 1.36. The molecule has 0 aliphatic carbocycles. The first kappa shape index (κ1) is 12.8. The van der Waals surface area contributed by atoms with Gasteiger partial charge in [-0.3, -0.25) is 4.99 Å². The first-order valence-electron chi connectivity index (χ1n) is 5.66. The number of ether oxygens (including phenoxy) is 1. The summed E-state index contributed by atoms with van der Waals surface area (Å²) < 4.78 is 5.00. The van der Waals surface area contributed by atoms with Crippen LogP contribution in [0.25, 0.3) is 0 Å². The molecule has 0 radical (unpaired) electrons. The maximum absolute atomic E-state index is 5.00. The second-order valence-electron chi connectivity index (χ2n) is 4.11. The fourth-order valence-corrected chi connectivity index (χ4v) is 2.52. The lowest BCUT2D eigenvalue weighted by atomic mass is 10.1.